The quantitative estimate of drug-likeness (QED) is 0.504. The van der Waals surface area contributed by atoms with Crippen LogP contribution in [0, 0.1) is 0 Å². The molecule has 1 aromatic rings. The highest BCUT2D eigenvalue weighted by Crippen LogP contribution is 2.10. The van der Waals surface area contributed by atoms with E-state index >= 15 is 0 Å². The highest BCUT2D eigenvalue weighted by molar-refractivity contribution is 6.30. The Morgan fingerprint density at radius 3 is 2.20 bits per heavy atom. The van der Waals surface area contributed by atoms with Gasteiger partial charge in [-0.2, -0.15) is 5.26 Å². The first-order chi connectivity index (χ1) is 7.24. The highest BCUT2D eigenvalue weighted by atomic mass is 35.5. The minimum Gasteiger partial charge on any atom is -0.400 e. The van der Waals surface area contributed by atoms with Gasteiger partial charge in [-0.1, -0.05) is 17.7 Å². The molecule has 0 amide bonds. The maximum Gasteiger partial charge on any atom is 0.372 e. The molecule has 1 aromatic carbocycles. The molecule has 0 spiro atoms. The van der Waals surface area contributed by atoms with Crippen LogP contribution in [0.25, 0.3) is 0 Å². The molecule has 15 heavy (non-hydrogen) atoms. The lowest BCUT2D eigenvalue weighted by Gasteiger charge is -1.95. The van der Waals surface area contributed by atoms with E-state index in [0.29, 0.717) is 5.02 Å². The van der Waals surface area contributed by atoms with Crippen molar-refractivity contribution in [1.82, 2.24) is 0 Å². The average molecular weight is 237 g/mol. The van der Waals surface area contributed by atoms with Gasteiger partial charge >= 0.3 is 5.97 Å². The van der Waals surface area contributed by atoms with Crippen molar-refractivity contribution in [2.24, 2.45) is 0 Å². The molecule has 0 fully saturated rings. The Kier molecular flexibility index (Phi) is 11.9. The maximum absolute atomic E-state index is 10.6. The van der Waals surface area contributed by atoms with Crippen LogP contribution in [0.2, 0.25) is 5.02 Å². The summed E-state index contributed by atoms with van der Waals surface area (Å²) >= 11 is 5.56. The maximum atomic E-state index is 10.6. The van der Waals surface area contributed by atoms with Gasteiger partial charge in [0, 0.05) is 19.2 Å². The van der Waals surface area contributed by atoms with Gasteiger partial charge in [-0.15, -0.1) is 0 Å². The van der Waals surface area contributed by atoms with Crippen molar-refractivity contribution in [1.29, 1.82) is 0 Å². The fourth-order valence-electron chi connectivity index (χ4n) is 0.668. The van der Waals surface area contributed by atoms with Crippen molar-refractivity contribution in [3.05, 3.63) is 34.9 Å². The van der Waals surface area contributed by atoms with Crippen LogP contribution in [0.4, 0.5) is 0 Å². The monoisotopic (exact) mass is 236 g/mol. The molecule has 0 unspecified atom stereocenters. The van der Waals surface area contributed by atoms with Crippen molar-refractivity contribution >= 4 is 17.6 Å². The molecule has 0 saturated heterocycles. The standard InChI is InChI=1S/C7H5ClO3.2CH4O/c8-6-3-1-2-5(4-6)7(9)11-10;2*1-2/h1-4,10H;2*2H,1H3. The topological polar surface area (TPSA) is 87.0 Å². The number of aliphatic hydroxyl groups excluding tert-OH is 2. The lowest BCUT2D eigenvalue weighted by Crippen LogP contribution is -2.00. The number of aliphatic hydroxyl groups is 2. The average Bonchev–Trinajstić information content (AvgIpc) is 2.33. The summed E-state index contributed by atoms with van der Waals surface area (Å²) < 4.78 is 0. The first-order valence-corrected chi connectivity index (χ1v) is 4.12. The van der Waals surface area contributed by atoms with E-state index in [1.165, 1.54) is 12.1 Å². The summed E-state index contributed by atoms with van der Waals surface area (Å²) in [6, 6.07) is 6.11. The largest absolute Gasteiger partial charge is 0.400 e. The van der Waals surface area contributed by atoms with Gasteiger partial charge in [0.15, 0.2) is 0 Å². The summed E-state index contributed by atoms with van der Waals surface area (Å²) in [6.07, 6.45) is 0. The van der Waals surface area contributed by atoms with Crippen molar-refractivity contribution in [2.45, 2.75) is 0 Å². The number of rotatable bonds is 1. The highest BCUT2D eigenvalue weighted by Gasteiger charge is 2.05. The zero-order valence-electron chi connectivity index (χ0n) is 8.35. The van der Waals surface area contributed by atoms with E-state index in [2.05, 4.69) is 4.89 Å². The number of halogens is 1. The second-order valence-electron chi connectivity index (χ2n) is 1.89. The first kappa shape index (κ1) is 16.3. The van der Waals surface area contributed by atoms with Gasteiger partial charge in [0.05, 0.1) is 5.56 Å². The van der Waals surface area contributed by atoms with Crippen LogP contribution in [-0.2, 0) is 4.89 Å². The molecule has 0 atom stereocenters. The molecule has 0 bridgehead atoms. The van der Waals surface area contributed by atoms with E-state index in [9.17, 15) is 4.79 Å². The molecule has 0 aliphatic carbocycles. The third-order valence-corrected chi connectivity index (χ3v) is 1.38. The minimum absolute atomic E-state index is 0.222. The van der Waals surface area contributed by atoms with Gasteiger partial charge < -0.3 is 10.2 Å². The number of carbonyl (C=O) groups excluding carboxylic acids is 1. The van der Waals surface area contributed by atoms with Crippen molar-refractivity contribution < 1.29 is 25.2 Å². The molecule has 0 heterocycles. The second-order valence-corrected chi connectivity index (χ2v) is 2.33. The number of carbonyl (C=O) groups is 1. The summed E-state index contributed by atoms with van der Waals surface area (Å²) in [6.45, 7) is 0. The number of benzene rings is 1. The normalized spacial score (nSPS) is 7.60. The van der Waals surface area contributed by atoms with Crippen LogP contribution in [0.3, 0.4) is 0 Å². The fourth-order valence-corrected chi connectivity index (χ4v) is 0.858. The zero-order valence-corrected chi connectivity index (χ0v) is 9.10. The second kappa shape index (κ2) is 10.9. The Labute approximate surface area is 92.4 Å². The van der Waals surface area contributed by atoms with Gasteiger partial charge in [-0.25, -0.2) is 4.79 Å². The summed E-state index contributed by atoms with van der Waals surface area (Å²) in [7, 11) is 2.00. The molecule has 86 valence electrons. The number of hydrogen-bond donors (Lipinski definition) is 3. The van der Waals surface area contributed by atoms with E-state index in [1.54, 1.807) is 12.1 Å². The molecule has 0 saturated carbocycles. The Morgan fingerprint density at radius 1 is 1.27 bits per heavy atom. The molecule has 0 aliphatic rings. The van der Waals surface area contributed by atoms with E-state index < -0.39 is 5.97 Å². The van der Waals surface area contributed by atoms with Crippen LogP contribution in [-0.4, -0.2) is 35.7 Å². The van der Waals surface area contributed by atoms with Crippen LogP contribution in [0.15, 0.2) is 24.3 Å². The predicted octanol–water partition coefficient (Wildman–Crippen LogP) is 1.19. The molecule has 5 nitrogen and oxygen atoms in total. The SMILES string of the molecule is CO.CO.O=C(OO)c1cccc(Cl)c1. The Bertz CT molecular complexity index is 277. The summed E-state index contributed by atoms with van der Waals surface area (Å²) in [5.41, 5.74) is 0.222. The Balaban J connectivity index is 0. The Hall–Kier alpha value is -1.14. The van der Waals surface area contributed by atoms with Crippen molar-refractivity contribution in [3.8, 4) is 0 Å². The van der Waals surface area contributed by atoms with Gasteiger partial charge in [-0.05, 0) is 18.2 Å². The molecule has 3 N–H and O–H groups in total. The minimum atomic E-state index is -0.813. The van der Waals surface area contributed by atoms with Crippen LogP contribution < -0.4 is 0 Å². The molecule has 0 aromatic heterocycles. The molecule has 0 aliphatic heterocycles. The van der Waals surface area contributed by atoms with Gasteiger partial charge in [0.25, 0.3) is 0 Å². The zero-order chi connectivity index (χ0) is 12.3. The molecule has 1 rings (SSSR count). The third kappa shape index (κ3) is 6.87. The smallest absolute Gasteiger partial charge is 0.372 e. The lowest BCUT2D eigenvalue weighted by molar-refractivity contribution is -0.182. The summed E-state index contributed by atoms with van der Waals surface area (Å²) in [4.78, 5) is 14.1. The van der Waals surface area contributed by atoms with Crippen LogP contribution in [0.5, 0.6) is 0 Å². The first-order valence-electron chi connectivity index (χ1n) is 3.75. The molecular formula is C9H13ClO5. The molecular weight excluding hydrogens is 224 g/mol. The van der Waals surface area contributed by atoms with Gasteiger partial charge in [0.1, 0.15) is 0 Å². The lowest BCUT2D eigenvalue weighted by atomic mass is 10.2. The van der Waals surface area contributed by atoms with Crippen molar-refractivity contribution in [3.63, 3.8) is 0 Å². The van der Waals surface area contributed by atoms with Crippen molar-refractivity contribution in [2.75, 3.05) is 14.2 Å². The third-order valence-electron chi connectivity index (χ3n) is 1.14. The number of hydrogen-bond acceptors (Lipinski definition) is 5. The van der Waals surface area contributed by atoms with E-state index in [1.807, 2.05) is 0 Å². The summed E-state index contributed by atoms with van der Waals surface area (Å²) in [5, 5.41) is 22.4. The van der Waals surface area contributed by atoms with E-state index in [4.69, 9.17) is 27.1 Å². The van der Waals surface area contributed by atoms with E-state index in [0.717, 1.165) is 14.2 Å². The van der Waals surface area contributed by atoms with Gasteiger partial charge in [0.2, 0.25) is 0 Å². The van der Waals surface area contributed by atoms with E-state index in [-0.39, 0.29) is 5.56 Å². The summed E-state index contributed by atoms with van der Waals surface area (Å²) in [5.74, 6) is -0.813. The molecule has 6 heteroatoms. The predicted molar refractivity (Wildman–Crippen MR) is 55.8 cm³/mol. The van der Waals surface area contributed by atoms with Gasteiger partial charge in [-0.3, -0.25) is 4.89 Å². The Morgan fingerprint density at radius 2 is 1.80 bits per heavy atom. The van der Waals surface area contributed by atoms with Crippen LogP contribution >= 0.6 is 11.6 Å². The van der Waals surface area contributed by atoms with Crippen LogP contribution in [0.1, 0.15) is 10.4 Å². The molecule has 0 radical (unpaired) electrons. The fraction of sp³-hybridized carbons (Fsp3) is 0.222.